The molecule has 0 aliphatic heterocycles. The van der Waals surface area contributed by atoms with Gasteiger partial charge in [-0.25, -0.2) is 13.8 Å². The Bertz CT molecular complexity index is 728. The molecule has 6 heteroatoms. The Morgan fingerprint density at radius 3 is 2.21 bits per heavy atom. The van der Waals surface area contributed by atoms with E-state index in [1.807, 2.05) is 13.8 Å². The summed E-state index contributed by atoms with van der Waals surface area (Å²) in [6.45, 7) is 7.22. The number of aryl methyl sites for hydroxylation is 1. The maximum absolute atomic E-state index is 13.3. The van der Waals surface area contributed by atoms with Crippen molar-refractivity contribution in [3.8, 4) is 0 Å². The van der Waals surface area contributed by atoms with Crippen LogP contribution in [-0.4, -0.2) is 12.2 Å². The van der Waals surface area contributed by atoms with Gasteiger partial charge in [-0.15, -0.1) is 0 Å². The van der Waals surface area contributed by atoms with Crippen molar-refractivity contribution in [1.29, 1.82) is 0 Å². The second kappa shape index (κ2) is 8.76. The van der Waals surface area contributed by atoms with E-state index in [0.29, 0.717) is 29.2 Å². The van der Waals surface area contributed by atoms with Crippen LogP contribution in [0.5, 0.6) is 0 Å². The first-order valence-electron chi connectivity index (χ1n) is 7.53. The number of hydrogen-bond donors (Lipinski definition) is 1. The van der Waals surface area contributed by atoms with Gasteiger partial charge >= 0.3 is 0 Å². The summed E-state index contributed by atoms with van der Waals surface area (Å²) < 4.78 is 26.4. The van der Waals surface area contributed by atoms with Gasteiger partial charge in [-0.05, 0) is 49.7 Å². The van der Waals surface area contributed by atoms with Gasteiger partial charge in [0.15, 0.2) is 11.6 Å². The molecule has 0 aliphatic rings. The monoisotopic (exact) mass is 333 g/mol. The van der Waals surface area contributed by atoms with Crippen LogP contribution in [0.25, 0.3) is 0 Å². The normalized spacial score (nSPS) is 10.7. The molecule has 0 saturated heterocycles. The summed E-state index contributed by atoms with van der Waals surface area (Å²) in [5, 5.41) is 0. The van der Waals surface area contributed by atoms with Crippen molar-refractivity contribution in [3.63, 3.8) is 0 Å². The Kier molecular flexibility index (Phi) is 7.04. The molecule has 2 rings (SSSR count). The van der Waals surface area contributed by atoms with Crippen molar-refractivity contribution in [1.82, 2.24) is 0 Å². The van der Waals surface area contributed by atoms with E-state index >= 15 is 0 Å². The van der Waals surface area contributed by atoms with Crippen LogP contribution >= 0.6 is 0 Å². The molecule has 0 saturated carbocycles. The van der Waals surface area contributed by atoms with Crippen molar-refractivity contribution in [2.24, 2.45) is 4.99 Å². The average Bonchev–Trinajstić information content (AvgIpc) is 2.57. The minimum Gasteiger partial charge on any atom is -0.399 e. The maximum atomic E-state index is 13.3. The first-order valence-corrected chi connectivity index (χ1v) is 7.53. The van der Waals surface area contributed by atoms with E-state index in [9.17, 15) is 13.6 Å². The largest absolute Gasteiger partial charge is 0.399 e. The molecule has 24 heavy (non-hydrogen) atoms. The number of rotatable bonds is 3. The molecule has 2 N–H and O–H groups in total. The molecule has 128 valence electrons. The molecule has 4 nitrogen and oxygen atoms in total. The minimum absolute atomic E-state index is 0.263. The van der Waals surface area contributed by atoms with Crippen molar-refractivity contribution >= 4 is 29.3 Å². The Morgan fingerprint density at radius 2 is 1.67 bits per heavy atom. The standard InChI is InChI=1S/C16H15F2N3O.C2H6/c1-10-7-14(17)15(18)8-16(10)20-11(2)21(9-22)13-5-3-12(19)4-6-13;1-2/h3-9H,19H2,1-2H3;1-2H3. The molecule has 2 aromatic rings. The summed E-state index contributed by atoms with van der Waals surface area (Å²) in [5.74, 6) is -1.59. The van der Waals surface area contributed by atoms with Gasteiger partial charge in [0.25, 0.3) is 0 Å². The molecule has 0 heterocycles. The topological polar surface area (TPSA) is 58.7 Å². The van der Waals surface area contributed by atoms with Crippen LogP contribution in [0.1, 0.15) is 26.3 Å². The van der Waals surface area contributed by atoms with Crippen molar-refractivity contribution in [2.45, 2.75) is 27.7 Å². The van der Waals surface area contributed by atoms with Crippen LogP contribution in [0.15, 0.2) is 41.4 Å². The highest BCUT2D eigenvalue weighted by Crippen LogP contribution is 2.23. The third-order valence-electron chi connectivity index (χ3n) is 3.15. The lowest BCUT2D eigenvalue weighted by Gasteiger charge is -2.17. The molecular weight excluding hydrogens is 312 g/mol. The van der Waals surface area contributed by atoms with E-state index in [2.05, 4.69) is 4.99 Å². The number of carbonyl (C=O) groups excluding carboxylic acids is 1. The van der Waals surface area contributed by atoms with E-state index < -0.39 is 11.6 Å². The van der Waals surface area contributed by atoms with Crippen LogP contribution in [0.3, 0.4) is 0 Å². The summed E-state index contributed by atoms with van der Waals surface area (Å²) in [7, 11) is 0. The highest BCUT2D eigenvalue weighted by molar-refractivity contribution is 6.09. The maximum Gasteiger partial charge on any atom is 0.219 e. The average molecular weight is 333 g/mol. The van der Waals surface area contributed by atoms with Gasteiger partial charge in [0, 0.05) is 17.4 Å². The summed E-state index contributed by atoms with van der Waals surface area (Å²) in [5.41, 5.74) is 7.49. The molecule has 0 radical (unpaired) electrons. The van der Waals surface area contributed by atoms with E-state index in [4.69, 9.17) is 5.73 Å². The Morgan fingerprint density at radius 1 is 1.12 bits per heavy atom. The molecule has 1 amide bonds. The van der Waals surface area contributed by atoms with Gasteiger partial charge in [0.05, 0.1) is 5.69 Å². The predicted molar refractivity (Wildman–Crippen MR) is 94.6 cm³/mol. The summed E-state index contributed by atoms with van der Waals surface area (Å²) in [6.07, 6.45) is 0.597. The first-order chi connectivity index (χ1) is 11.4. The fourth-order valence-corrected chi connectivity index (χ4v) is 1.94. The Labute approximate surface area is 140 Å². The minimum atomic E-state index is -0.984. The lowest BCUT2D eigenvalue weighted by atomic mass is 10.2. The summed E-state index contributed by atoms with van der Waals surface area (Å²) in [4.78, 5) is 16.8. The van der Waals surface area contributed by atoms with Crippen LogP contribution in [-0.2, 0) is 4.79 Å². The van der Waals surface area contributed by atoms with Gasteiger partial charge in [-0.3, -0.25) is 9.69 Å². The van der Waals surface area contributed by atoms with Gasteiger partial charge in [0.1, 0.15) is 5.84 Å². The lowest BCUT2D eigenvalue weighted by Crippen LogP contribution is -2.26. The number of amides is 1. The van der Waals surface area contributed by atoms with Crippen molar-refractivity contribution in [3.05, 3.63) is 53.6 Å². The number of benzene rings is 2. The highest BCUT2D eigenvalue weighted by Gasteiger charge is 2.11. The number of anilines is 2. The fourth-order valence-electron chi connectivity index (χ4n) is 1.94. The number of amidine groups is 1. The van der Waals surface area contributed by atoms with E-state index in [1.165, 1.54) is 4.90 Å². The molecule has 0 aromatic heterocycles. The molecule has 0 unspecified atom stereocenters. The summed E-state index contributed by atoms with van der Waals surface area (Å²) in [6, 6.07) is 8.71. The van der Waals surface area contributed by atoms with Crippen molar-refractivity contribution in [2.75, 3.05) is 10.6 Å². The number of nitrogens with two attached hydrogens (primary N) is 1. The van der Waals surface area contributed by atoms with Crippen LogP contribution < -0.4 is 10.6 Å². The smallest absolute Gasteiger partial charge is 0.219 e. The molecule has 0 fully saturated rings. The number of aliphatic imine (C=N–C) groups is 1. The van der Waals surface area contributed by atoms with E-state index in [1.54, 1.807) is 38.1 Å². The molecule has 0 bridgehead atoms. The van der Waals surface area contributed by atoms with E-state index in [-0.39, 0.29) is 5.69 Å². The predicted octanol–water partition coefficient (Wildman–Crippen LogP) is 4.59. The zero-order chi connectivity index (χ0) is 18.3. The summed E-state index contributed by atoms with van der Waals surface area (Å²) >= 11 is 0. The SMILES string of the molecule is CC.CC(=Nc1cc(F)c(F)cc1C)N(C=O)c1ccc(N)cc1. The Balaban J connectivity index is 0.00000139. The number of hydrogen-bond acceptors (Lipinski definition) is 3. The highest BCUT2D eigenvalue weighted by atomic mass is 19.2. The zero-order valence-corrected chi connectivity index (χ0v) is 14.2. The lowest BCUT2D eigenvalue weighted by molar-refractivity contribution is -0.106. The van der Waals surface area contributed by atoms with Gasteiger partial charge < -0.3 is 5.73 Å². The number of nitrogen functional groups attached to an aromatic ring is 1. The first kappa shape index (κ1) is 19.3. The van der Waals surface area contributed by atoms with Crippen molar-refractivity contribution < 1.29 is 13.6 Å². The molecule has 0 atom stereocenters. The molecule has 2 aromatic carbocycles. The molecule has 0 spiro atoms. The van der Waals surface area contributed by atoms with Crippen LogP contribution in [0, 0.1) is 18.6 Å². The van der Waals surface area contributed by atoms with Crippen LogP contribution in [0.4, 0.5) is 25.8 Å². The third kappa shape index (κ3) is 4.62. The molecule has 0 aliphatic carbocycles. The molecular formula is C18H21F2N3O. The van der Waals surface area contributed by atoms with E-state index in [0.717, 1.165) is 12.1 Å². The van der Waals surface area contributed by atoms with Gasteiger partial charge in [-0.1, -0.05) is 13.8 Å². The number of carbonyl (C=O) groups is 1. The Hall–Kier alpha value is -2.76. The fraction of sp³-hybridized carbons (Fsp3) is 0.222. The van der Waals surface area contributed by atoms with Crippen LogP contribution in [0.2, 0.25) is 0 Å². The number of halogens is 2. The van der Waals surface area contributed by atoms with Gasteiger partial charge in [0.2, 0.25) is 6.41 Å². The van der Waals surface area contributed by atoms with Gasteiger partial charge in [-0.2, -0.15) is 0 Å². The third-order valence-corrected chi connectivity index (χ3v) is 3.15. The zero-order valence-electron chi connectivity index (χ0n) is 14.2. The second-order valence-electron chi connectivity index (χ2n) is 4.78. The second-order valence-corrected chi connectivity index (χ2v) is 4.78. The quantitative estimate of drug-likeness (QED) is 0.386. The number of nitrogens with zero attached hydrogens (tertiary/aromatic N) is 2.